The highest BCUT2D eigenvalue weighted by Gasteiger charge is 2.23. The van der Waals surface area contributed by atoms with Gasteiger partial charge >= 0.3 is 0 Å². The Bertz CT molecular complexity index is 1210. The molecule has 1 N–H and O–H groups in total. The van der Waals surface area contributed by atoms with Crippen LogP contribution in [0.3, 0.4) is 0 Å². The molecule has 0 spiro atoms. The maximum absolute atomic E-state index is 10.5. The number of methoxy groups -OCH3 is 1. The van der Waals surface area contributed by atoms with Crippen LogP contribution in [0.2, 0.25) is 0 Å². The van der Waals surface area contributed by atoms with Gasteiger partial charge in [0.1, 0.15) is 17.2 Å². The van der Waals surface area contributed by atoms with E-state index in [-0.39, 0.29) is 11.9 Å². The summed E-state index contributed by atoms with van der Waals surface area (Å²) in [5.41, 5.74) is 6.15. The molecule has 3 aromatic rings. The molecule has 6 nitrogen and oxygen atoms in total. The van der Waals surface area contributed by atoms with Crippen LogP contribution in [0.15, 0.2) is 54.6 Å². The quantitative estimate of drug-likeness (QED) is 0.382. The van der Waals surface area contributed by atoms with Crippen LogP contribution >= 0.6 is 0 Å². The maximum Gasteiger partial charge on any atom is 0.187 e. The number of phenols is 1. The highest BCUT2D eigenvalue weighted by Crippen LogP contribution is 2.38. The van der Waals surface area contributed by atoms with Crippen molar-refractivity contribution in [1.29, 1.82) is 0 Å². The average Bonchev–Trinajstić information content (AvgIpc) is 3.61. The highest BCUT2D eigenvalue weighted by atomic mass is 16.7. The van der Waals surface area contributed by atoms with Crippen molar-refractivity contribution in [2.45, 2.75) is 52.0 Å². The monoisotopic (exact) mass is 503 g/mol. The molecule has 0 atom stereocenters. The van der Waals surface area contributed by atoms with Gasteiger partial charge in [0, 0.05) is 24.1 Å². The number of likely N-dealkylation sites (tertiary alicyclic amines) is 1. The van der Waals surface area contributed by atoms with Crippen molar-refractivity contribution in [2.75, 3.05) is 33.4 Å². The summed E-state index contributed by atoms with van der Waals surface area (Å²) in [5, 5.41) is 10.5. The van der Waals surface area contributed by atoms with E-state index >= 15 is 0 Å². The third-order valence-electron chi connectivity index (χ3n) is 7.03. The van der Waals surface area contributed by atoms with Gasteiger partial charge < -0.3 is 24.1 Å². The lowest BCUT2D eigenvalue weighted by atomic mass is 9.92. The average molecular weight is 504 g/mol. The van der Waals surface area contributed by atoms with Crippen molar-refractivity contribution in [3.63, 3.8) is 0 Å². The van der Waals surface area contributed by atoms with Gasteiger partial charge in [-0.15, -0.1) is 0 Å². The van der Waals surface area contributed by atoms with Crippen molar-refractivity contribution in [3.8, 4) is 28.4 Å². The maximum atomic E-state index is 10.5. The van der Waals surface area contributed by atoms with E-state index in [4.69, 9.17) is 18.9 Å². The van der Waals surface area contributed by atoms with Gasteiger partial charge in [-0.05, 0) is 80.7 Å². The zero-order valence-corrected chi connectivity index (χ0v) is 22.0. The van der Waals surface area contributed by atoms with Crippen molar-refractivity contribution in [1.82, 2.24) is 4.90 Å². The van der Waals surface area contributed by atoms with Gasteiger partial charge in [0.05, 0.1) is 32.0 Å². The molecule has 5 rings (SSSR count). The van der Waals surface area contributed by atoms with Crippen LogP contribution in [-0.4, -0.2) is 49.5 Å². The van der Waals surface area contributed by atoms with Gasteiger partial charge in [-0.25, -0.2) is 0 Å². The van der Waals surface area contributed by atoms with Gasteiger partial charge in [0.25, 0.3) is 0 Å². The van der Waals surface area contributed by atoms with E-state index in [1.165, 1.54) is 18.4 Å². The first-order valence-corrected chi connectivity index (χ1v) is 13.2. The summed E-state index contributed by atoms with van der Waals surface area (Å²) >= 11 is 0. The topological polar surface area (TPSA) is 60.4 Å². The highest BCUT2D eigenvalue weighted by molar-refractivity contribution is 5.72. The lowest BCUT2D eigenvalue weighted by Gasteiger charge is -2.20. The Balaban J connectivity index is 1.50. The van der Waals surface area contributed by atoms with Crippen molar-refractivity contribution in [2.24, 2.45) is 0 Å². The van der Waals surface area contributed by atoms with E-state index in [0.717, 1.165) is 53.4 Å². The number of nitrogens with zero attached hydrogens (tertiary/aromatic N) is 1. The fraction of sp³-hybridized carbons (Fsp3) is 0.419. The molecule has 0 saturated carbocycles. The number of benzene rings is 3. The van der Waals surface area contributed by atoms with E-state index in [2.05, 4.69) is 29.2 Å². The summed E-state index contributed by atoms with van der Waals surface area (Å²) in [6.45, 7) is 8.35. The normalized spacial score (nSPS) is 16.5. The van der Waals surface area contributed by atoms with E-state index < -0.39 is 6.29 Å². The minimum atomic E-state index is -0.550. The molecule has 0 unspecified atom stereocenters. The van der Waals surface area contributed by atoms with Crippen molar-refractivity contribution < 1.29 is 24.1 Å². The molecule has 2 heterocycles. The molecule has 196 valence electrons. The molecule has 6 heteroatoms. The van der Waals surface area contributed by atoms with E-state index in [1.807, 2.05) is 38.1 Å². The molecule has 2 aliphatic rings. The molecule has 3 aromatic carbocycles. The smallest absolute Gasteiger partial charge is 0.187 e. The van der Waals surface area contributed by atoms with Crippen LogP contribution in [-0.2, 0) is 22.4 Å². The first-order valence-electron chi connectivity index (χ1n) is 13.2. The predicted molar refractivity (Wildman–Crippen MR) is 144 cm³/mol. The molecule has 37 heavy (non-hydrogen) atoms. The molecular weight excluding hydrogens is 466 g/mol. The number of hydrogen-bond donors (Lipinski definition) is 1. The fourth-order valence-electron chi connectivity index (χ4n) is 5.25. The molecule has 0 amide bonds. The fourth-order valence-corrected chi connectivity index (χ4v) is 5.25. The second-order valence-corrected chi connectivity index (χ2v) is 10.1. The predicted octanol–water partition coefficient (Wildman–Crippen LogP) is 6.09. The molecular formula is C31H37NO5. The summed E-state index contributed by atoms with van der Waals surface area (Å²) in [5.74, 6) is 1.95. The van der Waals surface area contributed by atoms with Crippen LogP contribution in [0.4, 0.5) is 0 Å². The Morgan fingerprint density at radius 1 is 0.973 bits per heavy atom. The van der Waals surface area contributed by atoms with Crippen LogP contribution in [0, 0.1) is 0 Å². The largest absolute Gasteiger partial charge is 0.507 e. The SMILES string of the molecule is COc1cc(Cc2c(OC(C)C)cccc2-c2ccc(O)c(C3OCCO3)c2)ccc1CN1CCCC1. The summed E-state index contributed by atoms with van der Waals surface area (Å²) < 4.78 is 23.4. The number of ether oxygens (including phenoxy) is 4. The Hall–Kier alpha value is -3.06. The molecule has 0 aliphatic carbocycles. The first kappa shape index (κ1) is 25.6. The Kier molecular flexibility index (Phi) is 7.99. The van der Waals surface area contributed by atoms with Gasteiger partial charge in [-0.1, -0.05) is 30.3 Å². The van der Waals surface area contributed by atoms with Crippen molar-refractivity contribution in [3.05, 3.63) is 76.9 Å². The lowest BCUT2D eigenvalue weighted by molar-refractivity contribution is -0.0454. The Labute approximate surface area is 219 Å². The Morgan fingerprint density at radius 3 is 2.49 bits per heavy atom. The van der Waals surface area contributed by atoms with Gasteiger partial charge in [-0.2, -0.15) is 0 Å². The number of hydrogen-bond acceptors (Lipinski definition) is 6. The molecule has 2 fully saturated rings. The van der Waals surface area contributed by atoms with Gasteiger partial charge in [-0.3, -0.25) is 4.90 Å². The summed E-state index contributed by atoms with van der Waals surface area (Å²) in [6, 6.07) is 18.3. The second-order valence-electron chi connectivity index (χ2n) is 10.1. The minimum Gasteiger partial charge on any atom is -0.507 e. The van der Waals surface area contributed by atoms with Gasteiger partial charge in [0.2, 0.25) is 0 Å². The molecule has 0 bridgehead atoms. The number of rotatable bonds is 9. The van der Waals surface area contributed by atoms with Crippen LogP contribution in [0.5, 0.6) is 17.2 Å². The summed E-state index contributed by atoms with van der Waals surface area (Å²) in [4.78, 5) is 2.49. The van der Waals surface area contributed by atoms with E-state index in [1.54, 1.807) is 13.2 Å². The van der Waals surface area contributed by atoms with Crippen LogP contribution < -0.4 is 9.47 Å². The molecule has 0 aromatic heterocycles. The Morgan fingerprint density at radius 2 is 1.76 bits per heavy atom. The summed E-state index contributed by atoms with van der Waals surface area (Å²) in [7, 11) is 1.75. The second kappa shape index (κ2) is 11.5. The zero-order chi connectivity index (χ0) is 25.8. The first-order chi connectivity index (χ1) is 18.0. The third-order valence-corrected chi connectivity index (χ3v) is 7.03. The van der Waals surface area contributed by atoms with E-state index in [0.29, 0.717) is 25.2 Å². The molecule has 2 aliphatic heterocycles. The van der Waals surface area contributed by atoms with Gasteiger partial charge in [0.15, 0.2) is 6.29 Å². The third kappa shape index (κ3) is 5.93. The van der Waals surface area contributed by atoms with Crippen molar-refractivity contribution >= 4 is 0 Å². The van der Waals surface area contributed by atoms with Crippen LogP contribution in [0.1, 0.15) is 55.2 Å². The molecule has 0 radical (unpaired) electrons. The minimum absolute atomic E-state index is 0.0436. The molecule has 2 saturated heterocycles. The standard InChI is InChI=1S/C31H37NO5/c1-21(2)37-29-8-6-7-25(23-11-12-28(33)27(19-23)31-35-15-16-36-31)26(29)17-22-9-10-24(30(18-22)34-3)20-32-13-4-5-14-32/h6-12,18-19,21,31,33H,4-5,13-17,20H2,1-3H3. The summed E-state index contributed by atoms with van der Waals surface area (Å²) in [6.07, 6.45) is 2.72. The van der Waals surface area contributed by atoms with Crippen LogP contribution in [0.25, 0.3) is 11.1 Å². The number of aromatic hydroxyl groups is 1. The number of phenolic OH excluding ortho intramolecular Hbond substituents is 1. The zero-order valence-electron chi connectivity index (χ0n) is 22.0. The lowest BCUT2D eigenvalue weighted by Crippen LogP contribution is -2.18. The van der Waals surface area contributed by atoms with E-state index in [9.17, 15) is 5.11 Å².